The Hall–Kier alpha value is -1.51. The van der Waals surface area contributed by atoms with Crippen molar-refractivity contribution in [3.05, 3.63) is 29.8 Å². The molecule has 3 nitrogen and oxygen atoms in total. The van der Waals surface area contributed by atoms with E-state index in [9.17, 15) is 4.79 Å². The van der Waals surface area contributed by atoms with Crippen LogP contribution in [0.25, 0.3) is 0 Å². The van der Waals surface area contributed by atoms with E-state index in [0.717, 1.165) is 37.5 Å². The number of carbonyl (C=O) groups is 1. The maximum atomic E-state index is 12.2. The molecule has 1 aliphatic rings. The molecule has 0 heterocycles. The molecule has 1 aromatic rings. The molecule has 1 aromatic carbocycles. The van der Waals surface area contributed by atoms with Crippen LogP contribution < -0.4 is 5.73 Å². The van der Waals surface area contributed by atoms with Gasteiger partial charge in [-0.1, -0.05) is 19.1 Å². The predicted octanol–water partition coefficient (Wildman–Crippen LogP) is 2.85. The predicted molar refractivity (Wildman–Crippen MR) is 78.8 cm³/mol. The van der Waals surface area contributed by atoms with E-state index in [1.54, 1.807) is 0 Å². The summed E-state index contributed by atoms with van der Waals surface area (Å²) in [5.74, 6) is 1.07. The van der Waals surface area contributed by atoms with Gasteiger partial charge >= 0.3 is 0 Å². The Morgan fingerprint density at radius 3 is 2.58 bits per heavy atom. The molecule has 0 saturated heterocycles. The van der Waals surface area contributed by atoms with Crippen LogP contribution in [0, 0.1) is 5.92 Å². The molecule has 1 fully saturated rings. The number of benzene rings is 1. The second-order valence-electron chi connectivity index (χ2n) is 5.52. The topological polar surface area (TPSA) is 46.3 Å². The Bertz CT molecular complexity index is 409. The van der Waals surface area contributed by atoms with Crippen molar-refractivity contribution in [2.24, 2.45) is 5.92 Å². The van der Waals surface area contributed by atoms with Gasteiger partial charge in [0.2, 0.25) is 5.91 Å². The smallest absolute Gasteiger partial charge is 0.222 e. The third-order valence-corrected chi connectivity index (χ3v) is 3.63. The van der Waals surface area contributed by atoms with Crippen molar-refractivity contribution in [3.63, 3.8) is 0 Å². The number of nitrogens with two attached hydrogens (primary N) is 1. The van der Waals surface area contributed by atoms with Gasteiger partial charge in [-0.25, -0.2) is 0 Å². The first-order valence-electron chi connectivity index (χ1n) is 7.31. The lowest BCUT2D eigenvalue weighted by Crippen LogP contribution is -2.33. The Labute approximate surface area is 115 Å². The highest BCUT2D eigenvalue weighted by Gasteiger charge is 2.26. The Morgan fingerprint density at radius 2 is 2.00 bits per heavy atom. The summed E-state index contributed by atoms with van der Waals surface area (Å²) in [6, 6.07) is 7.81. The number of anilines is 1. The quantitative estimate of drug-likeness (QED) is 0.766. The summed E-state index contributed by atoms with van der Waals surface area (Å²) >= 11 is 0. The Kier molecular flexibility index (Phi) is 4.83. The molecule has 1 saturated carbocycles. The van der Waals surface area contributed by atoms with E-state index < -0.39 is 0 Å². The summed E-state index contributed by atoms with van der Waals surface area (Å²) in [4.78, 5) is 14.3. The van der Waals surface area contributed by atoms with Crippen molar-refractivity contribution in [3.8, 4) is 0 Å². The number of aryl methyl sites for hydroxylation is 1. The van der Waals surface area contributed by atoms with Crippen molar-refractivity contribution >= 4 is 11.6 Å². The van der Waals surface area contributed by atoms with E-state index in [1.165, 1.54) is 18.4 Å². The van der Waals surface area contributed by atoms with Crippen LogP contribution >= 0.6 is 0 Å². The molecular weight excluding hydrogens is 236 g/mol. The van der Waals surface area contributed by atoms with Crippen LogP contribution in [0.5, 0.6) is 0 Å². The molecule has 1 amide bonds. The number of hydrogen-bond acceptors (Lipinski definition) is 2. The van der Waals surface area contributed by atoms with Crippen molar-refractivity contribution in [2.45, 2.75) is 39.0 Å². The molecule has 0 bridgehead atoms. The van der Waals surface area contributed by atoms with E-state index in [-0.39, 0.29) is 0 Å². The number of hydrogen-bond donors (Lipinski definition) is 1. The van der Waals surface area contributed by atoms with Crippen molar-refractivity contribution in [1.29, 1.82) is 0 Å². The standard InChI is InChI=1S/C16H24N2O/c1-2-11-18(12-14-3-4-14)16(19)10-7-13-5-8-15(17)9-6-13/h5-6,8-9,14H,2-4,7,10-12,17H2,1H3. The highest BCUT2D eigenvalue weighted by atomic mass is 16.2. The average Bonchev–Trinajstić information content (AvgIpc) is 3.21. The Balaban J connectivity index is 1.82. The Morgan fingerprint density at radius 1 is 1.32 bits per heavy atom. The molecule has 0 unspecified atom stereocenters. The fourth-order valence-electron chi connectivity index (χ4n) is 2.29. The summed E-state index contributed by atoms with van der Waals surface area (Å²) in [7, 11) is 0. The first-order chi connectivity index (χ1) is 9.19. The van der Waals surface area contributed by atoms with E-state index in [4.69, 9.17) is 5.73 Å². The van der Waals surface area contributed by atoms with E-state index in [1.807, 2.05) is 24.3 Å². The lowest BCUT2D eigenvalue weighted by molar-refractivity contribution is -0.131. The first-order valence-corrected chi connectivity index (χ1v) is 7.31. The molecule has 104 valence electrons. The second-order valence-corrected chi connectivity index (χ2v) is 5.52. The van der Waals surface area contributed by atoms with Gasteiger partial charge in [0, 0.05) is 25.2 Å². The number of rotatable bonds is 7. The lowest BCUT2D eigenvalue weighted by Gasteiger charge is -2.22. The molecule has 1 aliphatic carbocycles. The monoisotopic (exact) mass is 260 g/mol. The first kappa shape index (κ1) is 13.9. The van der Waals surface area contributed by atoms with E-state index in [0.29, 0.717) is 12.3 Å². The molecule has 0 radical (unpaired) electrons. The van der Waals surface area contributed by atoms with Gasteiger partial charge in [0.05, 0.1) is 0 Å². The minimum Gasteiger partial charge on any atom is -0.399 e. The molecule has 0 spiro atoms. The van der Waals surface area contributed by atoms with E-state index in [2.05, 4.69) is 11.8 Å². The molecule has 0 aromatic heterocycles. The van der Waals surface area contributed by atoms with Gasteiger partial charge in [-0.05, 0) is 49.3 Å². The summed E-state index contributed by atoms with van der Waals surface area (Å²) in [5, 5.41) is 0. The number of amides is 1. The van der Waals surface area contributed by atoms with Gasteiger partial charge in [0.1, 0.15) is 0 Å². The van der Waals surface area contributed by atoms with Gasteiger partial charge < -0.3 is 10.6 Å². The minimum absolute atomic E-state index is 0.297. The summed E-state index contributed by atoms with van der Waals surface area (Å²) < 4.78 is 0. The number of carbonyl (C=O) groups excluding carboxylic acids is 1. The maximum Gasteiger partial charge on any atom is 0.222 e. The number of nitrogens with zero attached hydrogens (tertiary/aromatic N) is 1. The molecule has 19 heavy (non-hydrogen) atoms. The number of nitrogen functional groups attached to an aromatic ring is 1. The summed E-state index contributed by atoms with van der Waals surface area (Å²) in [6.45, 7) is 4.00. The minimum atomic E-state index is 0.297. The van der Waals surface area contributed by atoms with Crippen molar-refractivity contribution in [2.75, 3.05) is 18.8 Å². The van der Waals surface area contributed by atoms with Crippen LogP contribution in [0.15, 0.2) is 24.3 Å². The largest absolute Gasteiger partial charge is 0.399 e. The fourth-order valence-corrected chi connectivity index (χ4v) is 2.29. The van der Waals surface area contributed by atoms with Gasteiger partial charge in [0.25, 0.3) is 0 Å². The van der Waals surface area contributed by atoms with Crippen molar-refractivity contribution < 1.29 is 4.79 Å². The van der Waals surface area contributed by atoms with Crippen LogP contribution in [-0.4, -0.2) is 23.9 Å². The normalized spacial score (nSPS) is 14.4. The zero-order valence-electron chi connectivity index (χ0n) is 11.8. The van der Waals surface area contributed by atoms with Crippen LogP contribution in [0.1, 0.15) is 38.2 Å². The fraction of sp³-hybridized carbons (Fsp3) is 0.562. The van der Waals surface area contributed by atoms with Gasteiger partial charge in [-0.15, -0.1) is 0 Å². The van der Waals surface area contributed by atoms with Gasteiger partial charge in [-0.2, -0.15) is 0 Å². The van der Waals surface area contributed by atoms with Gasteiger partial charge in [0.15, 0.2) is 0 Å². The zero-order valence-corrected chi connectivity index (χ0v) is 11.8. The van der Waals surface area contributed by atoms with Crippen LogP contribution in [-0.2, 0) is 11.2 Å². The zero-order chi connectivity index (χ0) is 13.7. The third kappa shape index (κ3) is 4.58. The summed E-state index contributed by atoms with van der Waals surface area (Å²) in [5.41, 5.74) is 7.62. The molecule has 3 heteroatoms. The van der Waals surface area contributed by atoms with Gasteiger partial charge in [-0.3, -0.25) is 4.79 Å². The molecule has 0 atom stereocenters. The molecule has 2 rings (SSSR count). The lowest BCUT2D eigenvalue weighted by atomic mass is 10.1. The van der Waals surface area contributed by atoms with E-state index >= 15 is 0 Å². The summed E-state index contributed by atoms with van der Waals surface area (Å²) in [6.07, 6.45) is 5.05. The molecular formula is C16H24N2O. The van der Waals surface area contributed by atoms with Crippen LogP contribution in [0.2, 0.25) is 0 Å². The maximum absolute atomic E-state index is 12.2. The molecule has 0 aliphatic heterocycles. The molecule has 2 N–H and O–H groups in total. The SMILES string of the molecule is CCCN(CC1CC1)C(=O)CCc1ccc(N)cc1. The average molecular weight is 260 g/mol. The van der Waals surface area contributed by atoms with Crippen LogP contribution in [0.4, 0.5) is 5.69 Å². The third-order valence-electron chi connectivity index (χ3n) is 3.63. The highest BCUT2D eigenvalue weighted by molar-refractivity contribution is 5.76. The van der Waals surface area contributed by atoms with Crippen molar-refractivity contribution in [1.82, 2.24) is 4.90 Å². The second kappa shape index (κ2) is 6.60. The van der Waals surface area contributed by atoms with Crippen LogP contribution in [0.3, 0.4) is 0 Å². The highest BCUT2D eigenvalue weighted by Crippen LogP contribution is 2.30.